The second kappa shape index (κ2) is 4.59. The van der Waals surface area contributed by atoms with E-state index in [4.69, 9.17) is 30.7 Å². The number of hydrogen-bond donors (Lipinski definition) is 1. The average molecular weight is 318 g/mol. The summed E-state index contributed by atoms with van der Waals surface area (Å²) >= 11 is 6.45. The quantitative estimate of drug-likeness (QED) is 0.601. The fourth-order valence-electron chi connectivity index (χ4n) is 2.63. The maximum absolute atomic E-state index is 6.45. The van der Waals surface area contributed by atoms with Crippen molar-refractivity contribution in [3.05, 3.63) is 34.6 Å². The molecule has 6 nitrogen and oxygen atoms in total. The molecule has 112 valence electrons. The third-order valence-electron chi connectivity index (χ3n) is 3.51. The van der Waals surface area contributed by atoms with Crippen molar-refractivity contribution in [2.24, 2.45) is 5.73 Å². The summed E-state index contributed by atoms with van der Waals surface area (Å²) in [6, 6.07) is 3.74. The fraction of sp³-hybridized carbons (Fsp3) is 0.200. The second-order valence-corrected chi connectivity index (χ2v) is 5.48. The average Bonchev–Trinajstić information content (AvgIpc) is 3.17. The highest BCUT2D eigenvalue weighted by molar-refractivity contribution is 6.41. The lowest BCUT2D eigenvalue weighted by atomic mass is 10.1. The molecule has 22 heavy (non-hydrogen) atoms. The lowest BCUT2D eigenvalue weighted by molar-refractivity contribution is 0.380. The van der Waals surface area contributed by atoms with Crippen LogP contribution in [0.4, 0.5) is 0 Å². The highest BCUT2D eigenvalue weighted by Crippen LogP contribution is 2.43. The van der Waals surface area contributed by atoms with E-state index in [0.717, 1.165) is 22.3 Å². The summed E-state index contributed by atoms with van der Waals surface area (Å²) in [6.07, 6.45) is 0. The number of halogens is 1. The van der Waals surface area contributed by atoms with Crippen LogP contribution in [0.3, 0.4) is 0 Å². The molecule has 3 aromatic heterocycles. The molecule has 4 aromatic rings. The predicted molar refractivity (Wildman–Crippen MR) is 81.7 cm³/mol. The van der Waals surface area contributed by atoms with E-state index in [-0.39, 0.29) is 6.54 Å². The van der Waals surface area contributed by atoms with Gasteiger partial charge in [0.05, 0.1) is 17.1 Å². The molecule has 0 aliphatic heterocycles. The number of nitrogens with two attached hydrogens (primary N) is 1. The third-order valence-corrected chi connectivity index (χ3v) is 3.88. The lowest BCUT2D eigenvalue weighted by Crippen LogP contribution is -1.95. The summed E-state index contributed by atoms with van der Waals surface area (Å²) < 4.78 is 16.7. The van der Waals surface area contributed by atoms with Crippen LogP contribution in [0.1, 0.15) is 17.4 Å². The van der Waals surface area contributed by atoms with Crippen molar-refractivity contribution in [1.29, 1.82) is 0 Å². The molecule has 2 N–H and O–H groups in total. The van der Waals surface area contributed by atoms with Gasteiger partial charge in [0.15, 0.2) is 5.58 Å². The maximum Gasteiger partial charge on any atom is 0.240 e. The Hall–Kier alpha value is -2.31. The zero-order valence-corrected chi connectivity index (χ0v) is 12.7. The topological polar surface area (TPSA) is 91.2 Å². The largest absolute Gasteiger partial charge is 0.461 e. The third kappa shape index (κ3) is 1.77. The van der Waals surface area contributed by atoms with Gasteiger partial charge < -0.3 is 19.1 Å². The molecular formula is C15H12ClN3O3. The minimum atomic E-state index is 0.175. The molecule has 0 fully saturated rings. The minimum absolute atomic E-state index is 0.175. The number of fused-ring (bicyclic) bond motifs is 2. The number of aromatic nitrogens is 2. The van der Waals surface area contributed by atoms with Gasteiger partial charge in [0.1, 0.15) is 17.1 Å². The van der Waals surface area contributed by atoms with Crippen molar-refractivity contribution in [2.75, 3.05) is 0 Å². The summed E-state index contributed by atoms with van der Waals surface area (Å²) in [4.78, 5) is 4.30. The summed E-state index contributed by atoms with van der Waals surface area (Å²) in [5.41, 5.74) is 7.43. The zero-order valence-electron chi connectivity index (χ0n) is 11.9. The van der Waals surface area contributed by atoms with Gasteiger partial charge in [-0.3, -0.25) is 0 Å². The molecule has 3 heterocycles. The van der Waals surface area contributed by atoms with Crippen LogP contribution in [-0.4, -0.2) is 10.1 Å². The Morgan fingerprint density at radius 2 is 1.77 bits per heavy atom. The van der Waals surface area contributed by atoms with E-state index >= 15 is 0 Å². The second-order valence-electron chi connectivity index (χ2n) is 5.10. The van der Waals surface area contributed by atoms with Gasteiger partial charge in [-0.05, 0) is 26.0 Å². The highest BCUT2D eigenvalue weighted by Gasteiger charge is 2.23. The van der Waals surface area contributed by atoms with Crippen LogP contribution in [0, 0.1) is 13.8 Å². The Bertz CT molecular complexity index is 954. The van der Waals surface area contributed by atoms with Gasteiger partial charge in [-0.15, -0.1) is 0 Å². The van der Waals surface area contributed by atoms with Crippen LogP contribution in [0.25, 0.3) is 33.3 Å². The Morgan fingerprint density at radius 1 is 1.09 bits per heavy atom. The molecular weight excluding hydrogens is 306 g/mol. The Morgan fingerprint density at radius 3 is 2.45 bits per heavy atom. The first-order valence-corrected chi connectivity index (χ1v) is 7.11. The van der Waals surface area contributed by atoms with Crippen molar-refractivity contribution in [1.82, 2.24) is 10.1 Å². The molecule has 0 spiro atoms. The maximum atomic E-state index is 6.45. The van der Waals surface area contributed by atoms with E-state index in [9.17, 15) is 0 Å². The Labute approximate surface area is 129 Å². The summed E-state index contributed by atoms with van der Waals surface area (Å²) in [5, 5.41) is 6.06. The van der Waals surface area contributed by atoms with E-state index in [1.807, 2.05) is 26.0 Å². The predicted octanol–water partition coefficient (Wildman–Crippen LogP) is 3.96. The monoisotopic (exact) mass is 317 g/mol. The lowest BCUT2D eigenvalue weighted by Gasteiger charge is -2.01. The Balaban J connectivity index is 2.18. The van der Waals surface area contributed by atoms with E-state index in [1.165, 1.54) is 0 Å². The van der Waals surface area contributed by atoms with E-state index in [0.29, 0.717) is 33.5 Å². The molecule has 0 bridgehead atoms. The van der Waals surface area contributed by atoms with E-state index in [2.05, 4.69) is 10.1 Å². The van der Waals surface area contributed by atoms with E-state index < -0.39 is 0 Å². The number of benzene rings is 1. The van der Waals surface area contributed by atoms with Gasteiger partial charge in [0.25, 0.3) is 0 Å². The van der Waals surface area contributed by atoms with Crippen LogP contribution in [0.15, 0.2) is 25.5 Å². The molecule has 0 aliphatic carbocycles. The standard InChI is InChI=1S/C15H12ClN3O3/c1-6-3-8-11(15-18-10(5-17)22-19-15)13-9(4-7(2)20-13)12(16)14(8)21-6/h3-4H,5,17H2,1-2H3. The van der Waals surface area contributed by atoms with Crippen LogP contribution in [-0.2, 0) is 6.54 Å². The summed E-state index contributed by atoms with van der Waals surface area (Å²) in [5.74, 6) is 2.24. The molecule has 0 saturated carbocycles. The molecule has 0 aliphatic rings. The Kier molecular flexibility index (Phi) is 2.79. The van der Waals surface area contributed by atoms with Gasteiger partial charge in [0, 0.05) is 10.8 Å². The molecule has 4 rings (SSSR count). The van der Waals surface area contributed by atoms with Crippen molar-refractivity contribution < 1.29 is 13.4 Å². The van der Waals surface area contributed by atoms with Crippen LogP contribution in [0.2, 0.25) is 5.02 Å². The number of aryl methyl sites for hydroxylation is 2. The first kappa shape index (κ1) is 13.4. The van der Waals surface area contributed by atoms with Gasteiger partial charge in [-0.25, -0.2) is 0 Å². The number of hydrogen-bond acceptors (Lipinski definition) is 6. The molecule has 0 radical (unpaired) electrons. The van der Waals surface area contributed by atoms with E-state index in [1.54, 1.807) is 0 Å². The highest BCUT2D eigenvalue weighted by atomic mass is 35.5. The van der Waals surface area contributed by atoms with Gasteiger partial charge in [-0.1, -0.05) is 16.8 Å². The molecule has 0 unspecified atom stereocenters. The van der Waals surface area contributed by atoms with Gasteiger partial charge in [-0.2, -0.15) is 4.98 Å². The molecule has 0 saturated heterocycles. The molecule has 7 heteroatoms. The first-order chi connectivity index (χ1) is 10.6. The number of nitrogens with zero attached hydrogens (tertiary/aromatic N) is 2. The summed E-state index contributed by atoms with van der Waals surface area (Å²) in [7, 11) is 0. The SMILES string of the molecule is Cc1cc2c(-c3noc(CN)n3)c3oc(C)cc3c(Cl)c2o1. The van der Waals surface area contributed by atoms with Crippen molar-refractivity contribution >= 4 is 33.5 Å². The number of furan rings is 2. The van der Waals surface area contributed by atoms with Gasteiger partial charge in [0.2, 0.25) is 11.7 Å². The summed E-state index contributed by atoms with van der Waals surface area (Å²) in [6.45, 7) is 3.89. The fourth-order valence-corrected chi connectivity index (χ4v) is 2.91. The smallest absolute Gasteiger partial charge is 0.240 e. The van der Waals surface area contributed by atoms with Crippen molar-refractivity contribution in [3.63, 3.8) is 0 Å². The van der Waals surface area contributed by atoms with Crippen LogP contribution >= 0.6 is 11.6 Å². The molecule has 0 amide bonds. The van der Waals surface area contributed by atoms with Crippen molar-refractivity contribution in [3.8, 4) is 11.4 Å². The van der Waals surface area contributed by atoms with Gasteiger partial charge >= 0.3 is 0 Å². The minimum Gasteiger partial charge on any atom is -0.461 e. The van der Waals surface area contributed by atoms with Crippen LogP contribution in [0.5, 0.6) is 0 Å². The van der Waals surface area contributed by atoms with Crippen LogP contribution < -0.4 is 5.73 Å². The van der Waals surface area contributed by atoms with Crippen molar-refractivity contribution in [2.45, 2.75) is 20.4 Å². The zero-order chi connectivity index (χ0) is 15.4. The normalized spacial score (nSPS) is 11.8. The molecule has 0 atom stereocenters. The number of rotatable bonds is 2. The first-order valence-electron chi connectivity index (χ1n) is 6.73. The molecule has 1 aromatic carbocycles.